The van der Waals surface area contributed by atoms with Crippen LogP contribution in [-0.2, 0) is 0 Å². The van der Waals surface area contributed by atoms with E-state index in [-0.39, 0.29) is 11.5 Å². The largest absolute Gasteiger partial charge is 0.496 e. The molecule has 0 bridgehead atoms. The number of hydrogen-bond donors (Lipinski definition) is 1. The summed E-state index contributed by atoms with van der Waals surface area (Å²) < 4.78 is 5.35. The van der Waals surface area contributed by atoms with Crippen molar-refractivity contribution in [2.75, 3.05) is 14.2 Å². The third-order valence-corrected chi connectivity index (χ3v) is 3.30. The Bertz CT molecular complexity index is 418. The number of ether oxygens (including phenoxy) is 1. The predicted octanol–water partition coefficient (Wildman–Crippen LogP) is 2.26. The van der Waals surface area contributed by atoms with Gasteiger partial charge in [0.1, 0.15) is 5.75 Å². The minimum absolute atomic E-state index is 0.0636. The Morgan fingerprint density at radius 1 is 1.44 bits per heavy atom. The highest BCUT2D eigenvalue weighted by Crippen LogP contribution is 2.55. The first-order chi connectivity index (χ1) is 7.77. The minimum atomic E-state index is -0.233. The smallest absolute Gasteiger partial charge is 0.123 e. The summed E-state index contributed by atoms with van der Waals surface area (Å²) in [6.07, 6.45) is 1.93. The van der Waals surface area contributed by atoms with Gasteiger partial charge in [-0.05, 0) is 26.0 Å². The van der Waals surface area contributed by atoms with Gasteiger partial charge in [-0.15, -0.1) is 0 Å². The highest BCUT2D eigenvalue weighted by Gasteiger charge is 2.50. The number of nitrogens with one attached hydrogen (secondary N) is 1. The average Bonchev–Trinajstić information content (AvgIpc) is 3.12. The monoisotopic (exact) mass is 216 g/mol. The van der Waals surface area contributed by atoms with Gasteiger partial charge in [-0.1, -0.05) is 18.2 Å². The van der Waals surface area contributed by atoms with Crippen LogP contribution in [0.4, 0.5) is 0 Å². The van der Waals surface area contributed by atoms with Crippen molar-refractivity contribution in [2.24, 2.45) is 5.41 Å². The Balaban J connectivity index is 2.38. The van der Waals surface area contributed by atoms with Gasteiger partial charge in [0, 0.05) is 5.56 Å². The van der Waals surface area contributed by atoms with Crippen molar-refractivity contribution in [1.29, 1.82) is 5.26 Å². The molecule has 1 fully saturated rings. The topological polar surface area (TPSA) is 45.0 Å². The summed E-state index contributed by atoms with van der Waals surface area (Å²) in [4.78, 5) is 0. The first kappa shape index (κ1) is 11.0. The molecule has 16 heavy (non-hydrogen) atoms. The Hall–Kier alpha value is -1.53. The molecule has 2 rings (SSSR count). The molecule has 1 aromatic carbocycles. The molecule has 0 aromatic heterocycles. The van der Waals surface area contributed by atoms with Crippen LogP contribution in [0.5, 0.6) is 5.75 Å². The number of nitriles is 1. The van der Waals surface area contributed by atoms with Crippen LogP contribution in [0.1, 0.15) is 24.4 Å². The molecule has 3 nitrogen and oxygen atoms in total. The SMILES string of the molecule is CNC(c1ccccc1OC)C1(C#N)CC1. The molecule has 1 unspecified atom stereocenters. The lowest BCUT2D eigenvalue weighted by molar-refractivity contribution is 0.381. The van der Waals surface area contributed by atoms with Crippen LogP contribution in [0.2, 0.25) is 0 Å². The fourth-order valence-corrected chi connectivity index (χ4v) is 2.23. The normalized spacial score (nSPS) is 18.6. The lowest BCUT2D eigenvalue weighted by Crippen LogP contribution is -2.26. The molecule has 3 heteroatoms. The number of rotatable bonds is 4. The van der Waals surface area contributed by atoms with E-state index in [1.54, 1.807) is 7.11 Å². The zero-order valence-corrected chi connectivity index (χ0v) is 9.66. The number of benzene rings is 1. The third-order valence-electron chi connectivity index (χ3n) is 3.30. The standard InChI is InChI=1S/C13H16N2O/c1-15-12(13(9-14)7-8-13)10-5-3-4-6-11(10)16-2/h3-6,12,15H,7-8H2,1-2H3. The number of methoxy groups -OCH3 is 1. The molecule has 1 aliphatic rings. The first-order valence-corrected chi connectivity index (χ1v) is 5.49. The Labute approximate surface area is 96.0 Å². The summed E-state index contributed by atoms with van der Waals surface area (Å²) in [6.45, 7) is 0. The van der Waals surface area contributed by atoms with Crippen molar-refractivity contribution in [1.82, 2.24) is 5.32 Å². The zero-order valence-electron chi connectivity index (χ0n) is 9.66. The molecule has 0 radical (unpaired) electrons. The fourth-order valence-electron chi connectivity index (χ4n) is 2.23. The van der Waals surface area contributed by atoms with Gasteiger partial charge in [-0.25, -0.2) is 0 Å². The predicted molar refractivity (Wildman–Crippen MR) is 62.1 cm³/mol. The van der Waals surface area contributed by atoms with Crippen LogP contribution in [0.25, 0.3) is 0 Å². The second kappa shape index (κ2) is 4.15. The molecule has 0 saturated heterocycles. The van der Waals surface area contributed by atoms with Crippen LogP contribution in [0, 0.1) is 16.7 Å². The molecule has 1 aliphatic carbocycles. The van der Waals surface area contributed by atoms with Crippen molar-refractivity contribution in [3.8, 4) is 11.8 Å². The van der Waals surface area contributed by atoms with Gasteiger partial charge in [-0.3, -0.25) is 0 Å². The zero-order chi connectivity index (χ0) is 11.6. The molecular weight excluding hydrogens is 200 g/mol. The molecule has 84 valence electrons. The quantitative estimate of drug-likeness (QED) is 0.839. The fraction of sp³-hybridized carbons (Fsp3) is 0.462. The Morgan fingerprint density at radius 2 is 2.12 bits per heavy atom. The lowest BCUT2D eigenvalue weighted by Gasteiger charge is -2.23. The van der Waals surface area contributed by atoms with E-state index in [0.717, 1.165) is 24.2 Å². The van der Waals surface area contributed by atoms with E-state index in [1.165, 1.54) is 0 Å². The van der Waals surface area contributed by atoms with E-state index in [4.69, 9.17) is 4.74 Å². The molecule has 1 saturated carbocycles. The van der Waals surface area contributed by atoms with Gasteiger partial charge in [0.2, 0.25) is 0 Å². The molecule has 0 aliphatic heterocycles. The van der Waals surface area contributed by atoms with Crippen LogP contribution < -0.4 is 10.1 Å². The van der Waals surface area contributed by atoms with Gasteiger partial charge in [-0.2, -0.15) is 5.26 Å². The van der Waals surface area contributed by atoms with Crippen LogP contribution >= 0.6 is 0 Å². The molecule has 0 heterocycles. The maximum atomic E-state index is 9.25. The van der Waals surface area contributed by atoms with E-state index in [0.29, 0.717) is 0 Å². The van der Waals surface area contributed by atoms with Gasteiger partial charge in [0.25, 0.3) is 0 Å². The first-order valence-electron chi connectivity index (χ1n) is 5.49. The van der Waals surface area contributed by atoms with Crippen molar-refractivity contribution >= 4 is 0 Å². The molecule has 0 spiro atoms. The van der Waals surface area contributed by atoms with E-state index in [2.05, 4.69) is 11.4 Å². The molecule has 1 N–H and O–H groups in total. The summed E-state index contributed by atoms with van der Waals surface area (Å²) in [5.41, 5.74) is 0.843. The van der Waals surface area contributed by atoms with Crippen LogP contribution in [0.15, 0.2) is 24.3 Å². The molecular formula is C13H16N2O. The molecule has 1 atom stereocenters. The van der Waals surface area contributed by atoms with Crippen LogP contribution in [0.3, 0.4) is 0 Å². The van der Waals surface area contributed by atoms with Crippen LogP contribution in [-0.4, -0.2) is 14.2 Å². The van der Waals surface area contributed by atoms with Crippen molar-refractivity contribution in [2.45, 2.75) is 18.9 Å². The minimum Gasteiger partial charge on any atom is -0.496 e. The van der Waals surface area contributed by atoms with E-state index in [9.17, 15) is 5.26 Å². The lowest BCUT2D eigenvalue weighted by atomic mass is 9.91. The van der Waals surface area contributed by atoms with E-state index >= 15 is 0 Å². The second-order valence-electron chi connectivity index (χ2n) is 4.23. The summed E-state index contributed by atoms with van der Waals surface area (Å²) in [5, 5.41) is 12.5. The second-order valence-corrected chi connectivity index (χ2v) is 4.23. The van der Waals surface area contributed by atoms with E-state index in [1.807, 2.05) is 31.3 Å². The maximum Gasteiger partial charge on any atom is 0.123 e. The Morgan fingerprint density at radius 3 is 2.62 bits per heavy atom. The summed E-state index contributed by atoms with van der Waals surface area (Å²) in [7, 11) is 3.56. The van der Waals surface area contributed by atoms with Gasteiger partial charge in [0.15, 0.2) is 0 Å². The van der Waals surface area contributed by atoms with E-state index < -0.39 is 0 Å². The van der Waals surface area contributed by atoms with Crippen molar-refractivity contribution in [3.63, 3.8) is 0 Å². The van der Waals surface area contributed by atoms with Gasteiger partial charge < -0.3 is 10.1 Å². The summed E-state index contributed by atoms with van der Waals surface area (Å²) >= 11 is 0. The highest BCUT2D eigenvalue weighted by molar-refractivity contribution is 5.39. The van der Waals surface area contributed by atoms with Gasteiger partial charge in [0.05, 0.1) is 24.6 Å². The maximum absolute atomic E-state index is 9.25. The summed E-state index contributed by atoms with van der Waals surface area (Å²) in [6, 6.07) is 10.4. The number of nitrogens with zero attached hydrogens (tertiary/aromatic N) is 1. The third kappa shape index (κ3) is 1.66. The van der Waals surface area contributed by atoms with Crippen molar-refractivity contribution in [3.05, 3.63) is 29.8 Å². The number of para-hydroxylation sites is 1. The highest BCUT2D eigenvalue weighted by atomic mass is 16.5. The molecule has 1 aromatic rings. The molecule has 0 amide bonds. The summed E-state index contributed by atoms with van der Waals surface area (Å²) in [5.74, 6) is 0.850. The Kier molecular flexibility index (Phi) is 2.84. The van der Waals surface area contributed by atoms with Gasteiger partial charge >= 0.3 is 0 Å². The van der Waals surface area contributed by atoms with Crippen molar-refractivity contribution < 1.29 is 4.74 Å². The average molecular weight is 216 g/mol. The number of hydrogen-bond acceptors (Lipinski definition) is 3.